The number of hydrogen-bond donors (Lipinski definition) is 3. The maximum atomic E-state index is 13.9. The lowest BCUT2D eigenvalue weighted by molar-refractivity contribution is -0.139. The van der Waals surface area contributed by atoms with E-state index in [1.54, 1.807) is 30.3 Å². The van der Waals surface area contributed by atoms with Crippen molar-refractivity contribution < 1.29 is 28.7 Å². The molecule has 2 atom stereocenters. The molecule has 3 N–H and O–H groups in total. The first kappa shape index (κ1) is 26.3. The molecule has 1 heterocycles. The minimum Gasteiger partial charge on any atom is -0.481 e. The molecule has 38 heavy (non-hydrogen) atoms. The van der Waals surface area contributed by atoms with Gasteiger partial charge in [0, 0.05) is 30.9 Å². The molecule has 0 aromatic heterocycles. The van der Waals surface area contributed by atoms with Crippen LogP contribution in [0.4, 0.5) is 20.6 Å². The Balaban J connectivity index is 1.46. The second-order valence-electron chi connectivity index (χ2n) is 8.93. The highest BCUT2D eigenvalue weighted by molar-refractivity contribution is 5.97. The number of aliphatic carboxylic acids is 1. The SMILES string of the molecule is O=CN(C1CC(=O)N(c2cccc(NC(=O)NCc3ccccc3)c2)C1)C(CC(=O)O)c1cccc(F)c1. The molecule has 1 aliphatic rings. The normalized spacial score (nSPS) is 15.6. The van der Waals surface area contributed by atoms with Gasteiger partial charge in [-0.3, -0.25) is 14.4 Å². The lowest BCUT2D eigenvalue weighted by Gasteiger charge is -2.32. The van der Waals surface area contributed by atoms with Gasteiger partial charge < -0.3 is 25.5 Å². The van der Waals surface area contributed by atoms with E-state index >= 15 is 0 Å². The number of carboxylic acids is 1. The van der Waals surface area contributed by atoms with Crippen LogP contribution >= 0.6 is 0 Å². The summed E-state index contributed by atoms with van der Waals surface area (Å²) >= 11 is 0. The Labute approximate surface area is 218 Å². The van der Waals surface area contributed by atoms with Crippen LogP contribution in [0.15, 0.2) is 78.9 Å². The summed E-state index contributed by atoms with van der Waals surface area (Å²) in [7, 11) is 0. The zero-order valence-corrected chi connectivity index (χ0v) is 20.4. The molecule has 3 aromatic carbocycles. The van der Waals surface area contributed by atoms with E-state index in [1.807, 2.05) is 30.3 Å². The molecular formula is C28H27FN4O5. The summed E-state index contributed by atoms with van der Waals surface area (Å²) < 4.78 is 13.9. The third-order valence-electron chi connectivity index (χ3n) is 6.32. The minimum atomic E-state index is -1.16. The van der Waals surface area contributed by atoms with Gasteiger partial charge >= 0.3 is 12.0 Å². The number of benzene rings is 3. The Kier molecular flexibility index (Phi) is 8.32. The molecule has 2 unspecified atom stereocenters. The molecule has 0 aliphatic carbocycles. The summed E-state index contributed by atoms with van der Waals surface area (Å²) in [5, 5.41) is 15.0. The largest absolute Gasteiger partial charge is 0.481 e. The van der Waals surface area contributed by atoms with Crippen molar-refractivity contribution in [3.8, 4) is 0 Å². The molecule has 196 valence electrons. The molecule has 4 amide bonds. The molecule has 4 rings (SSSR count). The number of halogens is 1. The summed E-state index contributed by atoms with van der Waals surface area (Å²) in [6.07, 6.45) is 0.0405. The number of anilines is 2. The Bertz CT molecular complexity index is 1320. The number of carbonyl (C=O) groups excluding carboxylic acids is 3. The number of hydrogen-bond acceptors (Lipinski definition) is 4. The van der Waals surface area contributed by atoms with Crippen molar-refractivity contribution in [2.75, 3.05) is 16.8 Å². The molecule has 0 spiro atoms. The number of amides is 4. The van der Waals surface area contributed by atoms with Crippen LogP contribution < -0.4 is 15.5 Å². The van der Waals surface area contributed by atoms with Gasteiger partial charge in [0.25, 0.3) is 0 Å². The predicted molar refractivity (Wildman–Crippen MR) is 139 cm³/mol. The van der Waals surface area contributed by atoms with Gasteiger partial charge in [0.1, 0.15) is 5.82 Å². The van der Waals surface area contributed by atoms with Gasteiger partial charge in [-0.15, -0.1) is 0 Å². The van der Waals surface area contributed by atoms with Crippen LogP contribution in [0.2, 0.25) is 0 Å². The van der Waals surface area contributed by atoms with Crippen LogP contribution in [-0.2, 0) is 20.9 Å². The van der Waals surface area contributed by atoms with Crippen LogP contribution in [0.1, 0.15) is 30.0 Å². The summed E-state index contributed by atoms with van der Waals surface area (Å²) in [6, 6.07) is 19.6. The molecule has 1 aliphatic heterocycles. The third kappa shape index (κ3) is 6.52. The molecule has 10 heteroatoms. The van der Waals surface area contributed by atoms with Crippen molar-refractivity contribution in [2.45, 2.75) is 31.5 Å². The quantitative estimate of drug-likeness (QED) is 0.352. The van der Waals surface area contributed by atoms with E-state index in [1.165, 1.54) is 28.0 Å². The maximum Gasteiger partial charge on any atom is 0.319 e. The highest BCUT2D eigenvalue weighted by Crippen LogP contribution is 2.32. The van der Waals surface area contributed by atoms with Crippen molar-refractivity contribution in [3.63, 3.8) is 0 Å². The van der Waals surface area contributed by atoms with Gasteiger partial charge in [-0.05, 0) is 41.5 Å². The monoisotopic (exact) mass is 518 g/mol. The molecular weight excluding hydrogens is 491 g/mol. The van der Waals surface area contributed by atoms with Crippen molar-refractivity contribution in [3.05, 3.63) is 95.8 Å². The van der Waals surface area contributed by atoms with Crippen LogP contribution in [0.5, 0.6) is 0 Å². The van der Waals surface area contributed by atoms with E-state index in [2.05, 4.69) is 10.6 Å². The van der Waals surface area contributed by atoms with Crippen LogP contribution in [0, 0.1) is 5.82 Å². The van der Waals surface area contributed by atoms with E-state index < -0.39 is 36.3 Å². The Morgan fingerprint density at radius 1 is 1.08 bits per heavy atom. The smallest absolute Gasteiger partial charge is 0.319 e. The predicted octanol–water partition coefficient (Wildman–Crippen LogP) is 3.93. The summed E-state index contributed by atoms with van der Waals surface area (Å²) in [5.74, 6) is -1.97. The highest BCUT2D eigenvalue weighted by Gasteiger charge is 2.38. The number of carboxylic acid groups (broad SMARTS) is 1. The zero-order chi connectivity index (χ0) is 27.1. The Morgan fingerprint density at radius 2 is 1.84 bits per heavy atom. The fourth-order valence-electron chi connectivity index (χ4n) is 4.53. The van der Waals surface area contributed by atoms with Gasteiger partial charge in [0.15, 0.2) is 0 Å². The number of nitrogens with zero attached hydrogens (tertiary/aromatic N) is 2. The van der Waals surface area contributed by atoms with Crippen LogP contribution in [0.3, 0.4) is 0 Å². The van der Waals surface area contributed by atoms with Gasteiger partial charge in [-0.25, -0.2) is 9.18 Å². The van der Waals surface area contributed by atoms with Crippen LogP contribution in [-0.4, -0.2) is 46.9 Å². The van der Waals surface area contributed by atoms with E-state index in [4.69, 9.17) is 0 Å². The molecule has 0 saturated carbocycles. The molecule has 0 bridgehead atoms. The minimum absolute atomic E-state index is 0.0284. The molecule has 9 nitrogen and oxygen atoms in total. The third-order valence-corrected chi connectivity index (χ3v) is 6.32. The van der Waals surface area contributed by atoms with Crippen molar-refractivity contribution in [2.24, 2.45) is 0 Å². The van der Waals surface area contributed by atoms with Gasteiger partial charge in [0.2, 0.25) is 12.3 Å². The molecule has 3 aromatic rings. The number of nitrogens with one attached hydrogen (secondary N) is 2. The Morgan fingerprint density at radius 3 is 2.55 bits per heavy atom. The van der Waals surface area contributed by atoms with E-state index in [0.717, 1.165) is 5.56 Å². The summed E-state index contributed by atoms with van der Waals surface area (Å²) in [5.41, 5.74) is 2.27. The van der Waals surface area contributed by atoms with Crippen molar-refractivity contribution >= 4 is 35.7 Å². The first-order valence-corrected chi connectivity index (χ1v) is 12.0. The summed E-state index contributed by atoms with van der Waals surface area (Å²) in [4.78, 5) is 51.7. The van der Waals surface area contributed by atoms with E-state index in [0.29, 0.717) is 29.9 Å². The lowest BCUT2D eigenvalue weighted by atomic mass is 10.00. The molecule has 1 saturated heterocycles. The number of rotatable bonds is 10. The average molecular weight is 519 g/mol. The second-order valence-corrected chi connectivity index (χ2v) is 8.93. The zero-order valence-electron chi connectivity index (χ0n) is 20.4. The van der Waals surface area contributed by atoms with E-state index in [-0.39, 0.29) is 18.9 Å². The van der Waals surface area contributed by atoms with Gasteiger partial charge in [-0.2, -0.15) is 0 Å². The fraction of sp³-hybridized carbons (Fsp3) is 0.214. The second kappa shape index (κ2) is 12.0. The highest BCUT2D eigenvalue weighted by atomic mass is 19.1. The standard InChI is InChI=1S/C28H27FN4O5/c29-21-9-4-8-20(12-21)25(15-27(36)37)33(18-34)24-14-26(35)32(17-24)23-11-5-10-22(13-23)31-28(38)30-16-19-6-2-1-3-7-19/h1-13,18,24-25H,14-17H2,(H,36,37)(H2,30,31,38). The average Bonchev–Trinajstić information content (AvgIpc) is 3.29. The molecule has 0 radical (unpaired) electrons. The fourth-order valence-corrected chi connectivity index (χ4v) is 4.53. The molecule has 1 fully saturated rings. The number of carbonyl (C=O) groups is 4. The summed E-state index contributed by atoms with van der Waals surface area (Å²) in [6.45, 7) is 0.468. The topological polar surface area (TPSA) is 119 Å². The maximum absolute atomic E-state index is 13.9. The van der Waals surface area contributed by atoms with Crippen molar-refractivity contribution in [1.29, 1.82) is 0 Å². The number of urea groups is 1. The first-order chi connectivity index (χ1) is 18.3. The van der Waals surface area contributed by atoms with E-state index in [9.17, 15) is 28.7 Å². The van der Waals surface area contributed by atoms with Gasteiger partial charge in [0.05, 0.1) is 18.5 Å². The Hall–Kier alpha value is -4.73. The van der Waals surface area contributed by atoms with Crippen molar-refractivity contribution in [1.82, 2.24) is 10.2 Å². The van der Waals surface area contributed by atoms with Crippen LogP contribution in [0.25, 0.3) is 0 Å². The van der Waals surface area contributed by atoms with Gasteiger partial charge in [-0.1, -0.05) is 48.5 Å². The first-order valence-electron chi connectivity index (χ1n) is 12.0. The lowest BCUT2D eigenvalue weighted by Crippen LogP contribution is -2.40.